The average molecular weight is 411 g/mol. The molecule has 4 aromatic rings. The summed E-state index contributed by atoms with van der Waals surface area (Å²) in [6.07, 6.45) is 5.13. The van der Waals surface area contributed by atoms with Crippen LogP contribution < -0.4 is 10.2 Å². The largest absolute Gasteiger partial charge is 0.484 e. The number of ether oxygens (including phenoxy) is 1. The first-order chi connectivity index (χ1) is 15.2. The van der Waals surface area contributed by atoms with Crippen LogP contribution in [0.2, 0.25) is 0 Å². The van der Waals surface area contributed by atoms with Gasteiger partial charge in [0.15, 0.2) is 6.61 Å². The van der Waals surface area contributed by atoms with Gasteiger partial charge >= 0.3 is 0 Å². The van der Waals surface area contributed by atoms with E-state index < -0.39 is 0 Å². The lowest BCUT2D eigenvalue weighted by atomic mass is 9.97. The standard InChI is InChI=1S/C27H26N2O2/c1-2-3-8-20-13-15-23(16-14-20)31-19-27(30)29-28-18-26-24-11-6-4-9-21(24)17-22-10-5-7-12-25(22)26/h4-7,9-18H,2-3,8,19H2,1H3,(H,29,30)/b28-18-. The van der Waals surface area contributed by atoms with Crippen LogP contribution in [-0.4, -0.2) is 18.7 Å². The predicted octanol–water partition coefficient (Wildman–Crippen LogP) is 5.86. The third kappa shape index (κ3) is 5.10. The number of carbonyl (C=O) groups excluding carboxylic acids is 1. The van der Waals surface area contributed by atoms with Crippen LogP contribution in [0.5, 0.6) is 5.75 Å². The zero-order chi connectivity index (χ0) is 21.5. The first-order valence-electron chi connectivity index (χ1n) is 10.7. The van der Waals surface area contributed by atoms with Gasteiger partial charge in [-0.05, 0) is 58.1 Å². The molecule has 0 heterocycles. The lowest BCUT2D eigenvalue weighted by Gasteiger charge is -2.08. The molecule has 0 saturated heterocycles. The smallest absolute Gasteiger partial charge is 0.277 e. The van der Waals surface area contributed by atoms with Crippen molar-refractivity contribution in [3.63, 3.8) is 0 Å². The Morgan fingerprint density at radius 1 is 0.935 bits per heavy atom. The molecular weight excluding hydrogens is 384 g/mol. The Kier molecular flexibility index (Phi) is 6.58. The molecule has 0 radical (unpaired) electrons. The van der Waals surface area contributed by atoms with Gasteiger partial charge in [0, 0.05) is 5.56 Å². The maximum atomic E-state index is 12.2. The van der Waals surface area contributed by atoms with E-state index in [1.54, 1.807) is 6.21 Å². The second kappa shape index (κ2) is 9.90. The molecule has 0 aliphatic heterocycles. The van der Waals surface area contributed by atoms with Crippen molar-refractivity contribution in [2.75, 3.05) is 6.61 Å². The molecule has 1 N–H and O–H groups in total. The lowest BCUT2D eigenvalue weighted by molar-refractivity contribution is -0.123. The summed E-state index contributed by atoms with van der Waals surface area (Å²) in [5.41, 5.74) is 4.84. The molecule has 0 aromatic heterocycles. The van der Waals surface area contributed by atoms with E-state index in [0.29, 0.717) is 5.75 Å². The van der Waals surface area contributed by atoms with Crippen LogP contribution in [0.15, 0.2) is 84.0 Å². The fourth-order valence-electron chi connectivity index (χ4n) is 3.67. The van der Waals surface area contributed by atoms with Gasteiger partial charge in [0.1, 0.15) is 5.75 Å². The molecule has 4 aromatic carbocycles. The molecule has 4 rings (SSSR count). The molecule has 0 aliphatic rings. The normalized spacial score (nSPS) is 11.3. The van der Waals surface area contributed by atoms with Crippen molar-refractivity contribution in [2.24, 2.45) is 5.10 Å². The van der Waals surface area contributed by atoms with Gasteiger partial charge in [0.2, 0.25) is 0 Å². The molecule has 0 spiro atoms. The van der Waals surface area contributed by atoms with Crippen LogP contribution in [0, 0.1) is 0 Å². The van der Waals surface area contributed by atoms with Crippen LogP contribution >= 0.6 is 0 Å². The van der Waals surface area contributed by atoms with Gasteiger partial charge in [-0.25, -0.2) is 5.43 Å². The van der Waals surface area contributed by atoms with E-state index in [4.69, 9.17) is 4.74 Å². The van der Waals surface area contributed by atoms with E-state index in [2.05, 4.69) is 47.8 Å². The number of benzene rings is 4. The summed E-state index contributed by atoms with van der Waals surface area (Å²) in [5.74, 6) is 0.385. The fourth-order valence-corrected chi connectivity index (χ4v) is 3.67. The summed E-state index contributed by atoms with van der Waals surface area (Å²) < 4.78 is 5.58. The maximum absolute atomic E-state index is 12.2. The number of aryl methyl sites for hydroxylation is 1. The highest BCUT2D eigenvalue weighted by molar-refractivity contribution is 6.13. The van der Waals surface area contributed by atoms with Crippen molar-refractivity contribution in [1.82, 2.24) is 5.43 Å². The average Bonchev–Trinajstić information content (AvgIpc) is 2.81. The quantitative estimate of drug-likeness (QED) is 0.225. The second-order valence-electron chi connectivity index (χ2n) is 7.56. The molecule has 0 bridgehead atoms. The number of fused-ring (bicyclic) bond motifs is 2. The number of hydrazone groups is 1. The van der Waals surface area contributed by atoms with Crippen LogP contribution in [0.4, 0.5) is 0 Å². The highest BCUT2D eigenvalue weighted by atomic mass is 16.5. The Morgan fingerprint density at radius 2 is 1.58 bits per heavy atom. The first kappa shape index (κ1) is 20.6. The van der Waals surface area contributed by atoms with Crippen molar-refractivity contribution < 1.29 is 9.53 Å². The molecule has 4 nitrogen and oxygen atoms in total. The first-order valence-corrected chi connectivity index (χ1v) is 10.7. The number of nitrogens with one attached hydrogen (secondary N) is 1. The lowest BCUT2D eigenvalue weighted by Crippen LogP contribution is -2.24. The Labute approximate surface area is 182 Å². The van der Waals surface area contributed by atoms with Crippen LogP contribution in [-0.2, 0) is 11.2 Å². The number of hydrogen-bond acceptors (Lipinski definition) is 3. The summed E-state index contributed by atoms with van der Waals surface area (Å²) in [5, 5.41) is 8.67. The number of nitrogens with zero attached hydrogens (tertiary/aromatic N) is 1. The Bertz CT molecular complexity index is 1160. The highest BCUT2D eigenvalue weighted by Crippen LogP contribution is 2.27. The minimum absolute atomic E-state index is 0.0814. The van der Waals surface area contributed by atoms with Gasteiger partial charge in [0.25, 0.3) is 5.91 Å². The Balaban J connectivity index is 1.41. The number of hydrogen-bond donors (Lipinski definition) is 1. The van der Waals surface area contributed by atoms with Crippen molar-refractivity contribution in [3.8, 4) is 5.75 Å². The van der Waals surface area contributed by atoms with Gasteiger partial charge in [-0.3, -0.25) is 4.79 Å². The third-order valence-electron chi connectivity index (χ3n) is 5.31. The van der Waals surface area contributed by atoms with Crippen molar-refractivity contribution in [2.45, 2.75) is 26.2 Å². The number of carbonyl (C=O) groups is 1. The van der Waals surface area contributed by atoms with Crippen LogP contribution in [0.3, 0.4) is 0 Å². The van der Waals surface area contributed by atoms with Crippen LogP contribution in [0.1, 0.15) is 30.9 Å². The molecule has 0 fully saturated rings. The Hall–Kier alpha value is -3.66. The van der Waals surface area contributed by atoms with Gasteiger partial charge in [-0.15, -0.1) is 0 Å². The summed E-state index contributed by atoms with van der Waals surface area (Å²) in [6, 6.07) is 26.4. The van der Waals surface area contributed by atoms with Crippen molar-refractivity contribution >= 4 is 33.7 Å². The minimum atomic E-state index is -0.296. The van der Waals surface area contributed by atoms with Gasteiger partial charge < -0.3 is 4.74 Å². The van der Waals surface area contributed by atoms with Crippen molar-refractivity contribution in [1.29, 1.82) is 0 Å². The van der Waals surface area contributed by atoms with Gasteiger partial charge in [0.05, 0.1) is 6.21 Å². The van der Waals surface area contributed by atoms with E-state index >= 15 is 0 Å². The van der Waals surface area contributed by atoms with Gasteiger partial charge in [-0.2, -0.15) is 5.10 Å². The van der Waals surface area contributed by atoms with E-state index in [0.717, 1.165) is 33.5 Å². The zero-order valence-corrected chi connectivity index (χ0v) is 17.7. The highest BCUT2D eigenvalue weighted by Gasteiger charge is 2.06. The summed E-state index contributed by atoms with van der Waals surface area (Å²) in [7, 11) is 0. The molecule has 0 saturated carbocycles. The maximum Gasteiger partial charge on any atom is 0.277 e. The molecular formula is C27H26N2O2. The van der Waals surface area contributed by atoms with E-state index in [1.165, 1.54) is 18.4 Å². The predicted molar refractivity (Wildman–Crippen MR) is 128 cm³/mol. The van der Waals surface area contributed by atoms with E-state index in [9.17, 15) is 4.79 Å². The minimum Gasteiger partial charge on any atom is -0.484 e. The van der Waals surface area contributed by atoms with Crippen molar-refractivity contribution in [3.05, 3.63) is 90.0 Å². The monoisotopic (exact) mass is 410 g/mol. The molecule has 0 aliphatic carbocycles. The topological polar surface area (TPSA) is 50.7 Å². The van der Waals surface area contributed by atoms with E-state index in [1.807, 2.05) is 48.5 Å². The Morgan fingerprint density at radius 3 is 2.23 bits per heavy atom. The molecule has 1 amide bonds. The summed E-state index contributed by atoms with van der Waals surface area (Å²) in [6.45, 7) is 2.10. The molecule has 31 heavy (non-hydrogen) atoms. The number of amides is 1. The fraction of sp³-hybridized carbons (Fsp3) is 0.185. The third-order valence-corrected chi connectivity index (χ3v) is 5.31. The number of unbranched alkanes of at least 4 members (excludes halogenated alkanes) is 1. The summed E-state index contributed by atoms with van der Waals surface area (Å²) >= 11 is 0. The van der Waals surface area contributed by atoms with E-state index in [-0.39, 0.29) is 12.5 Å². The second-order valence-corrected chi connectivity index (χ2v) is 7.56. The molecule has 0 atom stereocenters. The number of rotatable bonds is 8. The summed E-state index contributed by atoms with van der Waals surface area (Å²) in [4.78, 5) is 12.2. The molecule has 156 valence electrons. The van der Waals surface area contributed by atoms with Gasteiger partial charge in [-0.1, -0.05) is 74.0 Å². The molecule has 0 unspecified atom stereocenters. The molecule has 4 heteroatoms. The van der Waals surface area contributed by atoms with Crippen LogP contribution in [0.25, 0.3) is 21.5 Å². The SMILES string of the molecule is CCCCc1ccc(OCC(=O)N/N=C\c2c3ccccc3cc3ccccc23)cc1. The zero-order valence-electron chi connectivity index (χ0n) is 17.7.